The van der Waals surface area contributed by atoms with Gasteiger partial charge in [0.25, 0.3) is 0 Å². The van der Waals surface area contributed by atoms with Gasteiger partial charge < -0.3 is 0 Å². The van der Waals surface area contributed by atoms with E-state index in [9.17, 15) is 14.4 Å². The van der Waals surface area contributed by atoms with Crippen LogP contribution >= 0.6 is 0 Å². The molecular weight excluding hydrogens is 324 g/mol. The fraction of sp³-hybridized carbons (Fsp3) is 0.522. The zero-order valence-electron chi connectivity index (χ0n) is 17.6. The maximum absolute atomic E-state index is 12.3. The van der Waals surface area contributed by atoms with Crippen LogP contribution in [0.3, 0.4) is 0 Å². The molecule has 0 aromatic rings. The van der Waals surface area contributed by atoms with E-state index in [1.807, 2.05) is 58.9 Å². The third kappa shape index (κ3) is 7.90. The SMILES string of the molecule is CC/C=C(\C)C(=O)/C(C)=C/C(C)/C=C(C)/C=C(\C)C(=O)C(C)C(=O)CC. The fourth-order valence-electron chi connectivity index (χ4n) is 2.90. The van der Waals surface area contributed by atoms with E-state index in [0.29, 0.717) is 12.0 Å². The van der Waals surface area contributed by atoms with Crippen molar-refractivity contribution in [1.29, 1.82) is 0 Å². The van der Waals surface area contributed by atoms with Crippen molar-refractivity contribution < 1.29 is 14.4 Å². The summed E-state index contributed by atoms with van der Waals surface area (Å²) in [6, 6.07) is 0. The fourth-order valence-corrected chi connectivity index (χ4v) is 2.90. The molecule has 0 rings (SSSR count). The van der Waals surface area contributed by atoms with Gasteiger partial charge in [-0.2, -0.15) is 0 Å². The van der Waals surface area contributed by atoms with Gasteiger partial charge in [-0.3, -0.25) is 14.4 Å². The van der Waals surface area contributed by atoms with Crippen molar-refractivity contribution in [2.75, 3.05) is 0 Å². The third-order valence-corrected chi connectivity index (χ3v) is 4.32. The average Bonchev–Trinajstić information content (AvgIpc) is 2.58. The van der Waals surface area contributed by atoms with Gasteiger partial charge in [0.05, 0.1) is 5.92 Å². The summed E-state index contributed by atoms with van der Waals surface area (Å²) in [5, 5.41) is 0. The molecule has 0 aromatic heterocycles. The highest BCUT2D eigenvalue weighted by atomic mass is 16.2. The molecule has 0 amide bonds. The first-order chi connectivity index (χ1) is 12.0. The lowest BCUT2D eigenvalue weighted by Gasteiger charge is -2.09. The van der Waals surface area contributed by atoms with E-state index in [0.717, 1.165) is 23.1 Å². The molecule has 3 heteroatoms. The van der Waals surface area contributed by atoms with Crippen molar-refractivity contribution in [2.45, 2.75) is 68.2 Å². The molecule has 26 heavy (non-hydrogen) atoms. The zero-order chi connectivity index (χ0) is 20.4. The normalized spacial score (nSPS) is 16.3. The largest absolute Gasteiger partial charge is 0.299 e. The van der Waals surface area contributed by atoms with Gasteiger partial charge in [0, 0.05) is 6.42 Å². The molecule has 0 fully saturated rings. The lowest BCUT2D eigenvalue weighted by Crippen LogP contribution is -2.21. The van der Waals surface area contributed by atoms with Crippen LogP contribution in [0.15, 0.2) is 46.6 Å². The van der Waals surface area contributed by atoms with E-state index < -0.39 is 5.92 Å². The van der Waals surface area contributed by atoms with Gasteiger partial charge >= 0.3 is 0 Å². The highest BCUT2D eigenvalue weighted by Crippen LogP contribution is 2.15. The van der Waals surface area contributed by atoms with Crippen LogP contribution in [0.25, 0.3) is 0 Å². The average molecular weight is 359 g/mol. The monoisotopic (exact) mass is 358 g/mol. The van der Waals surface area contributed by atoms with Crippen molar-refractivity contribution in [3.8, 4) is 0 Å². The highest BCUT2D eigenvalue weighted by molar-refractivity contribution is 6.09. The lowest BCUT2D eigenvalue weighted by atomic mass is 9.93. The topological polar surface area (TPSA) is 51.2 Å². The van der Waals surface area contributed by atoms with Crippen LogP contribution in [0.4, 0.5) is 0 Å². The molecule has 2 atom stereocenters. The van der Waals surface area contributed by atoms with Crippen LogP contribution in [0, 0.1) is 11.8 Å². The summed E-state index contributed by atoms with van der Waals surface area (Å²) < 4.78 is 0. The number of rotatable bonds is 10. The predicted octanol–water partition coefficient (Wildman–Crippen LogP) is 5.57. The van der Waals surface area contributed by atoms with E-state index in [2.05, 4.69) is 0 Å². The maximum Gasteiger partial charge on any atom is 0.183 e. The Morgan fingerprint density at radius 3 is 1.92 bits per heavy atom. The predicted molar refractivity (Wildman–Crippen MR) is 109 cm³/mol. The molecular formula is C23H34O3. The summed E-state index contributed by atoms with van der Waals surface area (Å²) in [5.41, 5.74) is 3.02. The maximum atomic E-state index is 12.3. The van der Waals surface area contributed by atoms with Gasteiger partial charge in [-0.15, -0.1) is 0 Å². The van der Waals surface area contributed by atoms with Crippen LogP contribution < -0.4 is 0 Å². The first-order valence-corrected chi connectivity index (χ1v) is 9.38. The molecule has 0 bridgehead atoms. The number of carbonyl (C=O) groups is 3. The summed E-state index contributed by atoms with van der Waals surface area (Å²) in [7, 11) is 0. The van der Waals surface area contributed by atoms with Crippen LogP contribution in [0.2, 0.25) is 0 Å². The molecule has 3 nitrogen and oxygen atoms in total. The van der Waals surface area contributed by atoms with Gasteiger partial charge in [0.1, 0.15) is 5.78 Å². The van der Waals surface area contributed by atoms with Gasteiger partial charge in [-0.25, -0.2) is 0 Å². The molecule has 0 N–H and O–H groups in total. The molecule has 0 spiro atoms. The van der Waals surface area contributed by atoms with E-state index in [4.69, 9.17) is 0 Å². The Bertz CT molecular complexity index is 657. The summed E-state index contributed by atoms with van der Waals surface area (Å²) in [6.45, 7) is 14.8. The minimum Gasteiger partial charge on any atom is -0.299 e. The van der Waals surface area contributed by atoms with Crippen LogP contribution in [-0.2, 0) is 14.4 Å². The van der Waals surface area contributed by atoms with Crippen LogP contribution in [0.1, 0.15) is 68.2 Å². The second kappa shape index (κ2) is 11.6. The molecule has 144 valence electrons. The summed E-state index contributed by atoms with van der Waals surface area (Å²) >= 11 is 0. The summed E-state index contributed by atoms with van der Waals surface area (Å²) in [6.07, 6.45) is 8.91. The molecule has 0 aliphatic rings. The Kier molecular flexibility index (Phi) is 10.7. The quantitative estimate of drug-likeness (QED) is 0.291. The van der Waals surface area contributed by atoms with Crippen molar-refractivity contribution in [3.05, 3.63) is 46.6 Å². The molecule has 0 saturated carbocycles. The first kappa shape index (κ1) is 24.0. The molecule has 0 saturated heterocycles. The molecule has 0 aliphatic heterocycles. The number of carbonyl (C=O) groups excluding carboxylic acids is 3. The van der Waals surface area contributed by atoms with Crippen molar-refractivity contribution in [2.24, 2.45) is 11.8 Å². The van der Waals surface area contributed by atoms with Gasteiger partial charge in [-0.05, 0) is 63.7 Å². The molecule has 2 unspecified atom stereocenters. The van der Waals surface area contributed by atoms with Crippen molar-refractivity contribution in [1.82, 2.24) is 0 Å². The Labute approximate surface area is 158 Å². The Balaban J connectivity index is 5.22. The zero-order valence-corrected chi connectivity index (χ0v) is 17.6. The molecule has 0 aromatic carbocycles. The van der Waals surface area contributed by atoms with Crippen molar-refractivity contribution in [3.63, 3.8) is 0 Å². The van der Waals surface area contributed by atoms with Crippen LogP contribution in [-0.4, -0.2) is 17.3 Å². The number of hydrogen-bond donors (Lipinski definition) is 0. The summed E-state index contributed by atoms with van der Waals surface area (Å²) in [4.78, 5) is 36.2. The van der Waals surface area contributed by atoms with Gasteiger partial charge in [0.2, 0.25) is 0 Å². The lowest BCUT2D eigenvalue weighted by molar-refractivity contribution is -0.129. The number of allylic oxidation sites excluding steroid dienone is 8. The van der Waals surface area contributed by atoms with Crippen LogP contribution in [0.5, 0.6) is 0 Å². The van der Waals surface area contributed by atoms with E-state index >= 15 is 0 Å². The van der Waals surface area contributed by atoms with Gasteiger partial charge in [0.15, 0.2) is 11.6 Å². The number of hydrogen-bond acceptors (Lipinski definition) is 3. The van der Waals surface area contributed by atoms with Gasteiger partial charge in [-0.1, -0.05) is 50.6 Å². The standard InChI is InChI=1S/C23H34O3/c1-9-11-17(5)22(25)18(6)13-15(3)12-16(4)14-19(7)23(26)20(8)21(24)10-2/h11-15,20H,9-10H2,1-8H3/b16-12+,17-11+,18-13+,19-14+. The minimum absolute atomic E-state index is 0.0367. The Morgan fingerprint density at radius 1 is 0.846 bits per heavy atom. The highest BCUT2D eigenvalue weighted by Gasteiger charge is 2.20. The van der Waals surface area contributed by atoms with E-state index in [-0.39, 0.29) is 23.3 Å². The van der Waals surface area contributed by atoms with E-state index in [1.165, 1.54) is 0 Å². The summed E-state index contributed by atoms with van der Waals surface area (Å²) in [5.74, 6) is -0.611. The smallest absolute Gasteiger partial charge is 0.183 e. The van der Waals surface area contributed by atoms with Crippen molar-refractivity contribution >= 4 is 17.3 Å². The molecule has 0 aliphatic carbocycles. The Morgan fingerprint density at radius 2 is 1.42 bits per heavy atom. The third-order valence-electron chi connectivity index (χ3n) is 4.32. The number of ketones is 3. The Hall–Kier alpha value is -2.03. The van der Waals surface area contributed by atoms with E-state index in [1.54, 1.807) is 20.8 Å². The molecule has 0 heterocycles. The molecule has 0 radical (unpaired) electrons. The minimum atomic E-state index is -0.588. The first-order valence-electron chi connectivity index (χ1n) is 9.38. The second-order valence-electron chi connectivity index (χ2n) is 6.98. The second-order valence-corrected chi connectivity index (χ2v) is 6.98. The number of Topliss-reactive ketones (excluding diaryl/α,β-unsaturated/α-hetero) is 3.